The third kappa shape index (κ3) is 1.88. The van der Waals surface area contributed by atoms with Crippen molar-refractivity contribution in [1.29, 1.82) is 0 Å². The van der Waals surface area contributed by atoms with Crippen LogP contribution < -0.4 is 14.2 Å². The Labute approximate surface area is 136 Å². The fourth-order valence-electron chi connectivity index (χ4n) is 2.80. The molecule has 1 spiro atoms. The molecule has 0 saturated heterocycles. The van der Waals surface area contributed by atoms with Crippen LogP contribution >= 0.6 is 11.6 Å². The number of benzene rings is 1. The molecular weight excluding hydrogens is 324 g/mol. The SMILES string of the molecule is COc1cc(OC)c2c(c1Cl)OC1(C(=O)C=C(O)C=C1C)C2=O. The third-order valence-corrected chi connectivity index (χ3v) is 4.30. The monoisotopic (exact) mass is 336 g/mol. The number of ketones is 2. The van der Waals surface area contributed by atoms with Crippen molar-refractivity contribution in [2.75, 3.05) is 14.2 Å². The summed E-state index contributed by atoms with van der Waals surface area (Å²) in [5, 5.41) is 9.64. The van der Waals surface area contributed by atoms with Gasteiger partial charge in [-0.15, -0.1) is 0 Å². The average molecular weight is 337 g/mol. The quantitative estimate of drug-likeness (QED) is 0.836. The van der Waals surface area contributed by atoms with Gasteiger partial charge < -0.3 is 19.3 Å². The van der Waals surface area contributed by atoms with Gasteiger partial charge in [0.25, 0.3) is 5.60 Å². The van der Waals surface area contributed by atoms with Gasteiger partial charge >= 0.3 is 0 Å². The van der Waals surface area contributed by atoms with Crippen molar-refractivity contribution in [2.45, 2.75) is 12.5 Å². The topological polar surface area (TPSA) is 82.1 Å². The maximum absolute atomic E-state index is 13.0. The lowest BCUT2D eigenvalue weighted by Crippen LogP contribution is -2.50. The van der Waals surface area contributed by atoms with Crippen LogP contribution in [0.1, 0.15) is 17.3 Å². The number of rotatable bonds is 2. The van der Waals surface area contributed by atoms with Crippen LogP contribution in [0.5, 0.6) is 17.2 Å². The molecule has 1 N–H and O–H groups in total. The molecule has 3 rings (SSSR count). The van der Waals surface area contributed by atoms with Crippen molar-refractivity contribution < 1.29 is 28.9 Å². The van der Waals surface area contributed by atoms with E-state index in [9.17, 15) is 14.7 Å². The minimum Gasteiger partial charge on any atom is -0.508 e. The largest absolute Gasteiger partial charge is 0.508 e. The van der Waals surface area contributed by atoms with Crippen LogP contribution in [0.15, 0.2) is 29.6 Å². The van der Waals surface area contributed by atoms with Gasteiger partial charge in [-0.3, -0.25) is 9.59 Å². The number of ether oxygens (including phenoxy) is 3. The molecule has 1 aromatic rings. The van der Waals surface area contributed by atoms with Crippen molar-refractivity contribution in [3.8, 4) is 17.2 Å². The zero-order valence-electron chi connectivity index (χ0n) is 12.6. The average Bonchev–Trinajstić information content (AvgIpc) is 2.82. The molecule has 0 bridgehead atoms. The van der Waals surface area contributed by atoms with Crippen molar-refractivity contribution in [2.24, 2.45) is 0 Å². The van der Waals surface area contributed by atoms with Gasteiger partial charge in [-0.2, -0.15) is 0 Å². The van der Waals surface area contributed by atoms with Crippen LogP contribution in [0.4, 0.5) is 0 Å². The number of hydrogen-bond donors (Lipinski definition) is 1. The predicted octanol–water partition coefficient (Wildman–Crippen LogP) is 2.64. The second kappa shape index (κ2) is 5.03. The third-order valence-electron chi connectivity index (χ3n) is 3.94. The van der Waals surface area contributed by atoms with E-state index in [0.29, 0.717) is 0 Å². The fraction of sp³-hybridized carbons (Fsp3) is 0.250. The minimum absolute atomic E-state index is 0.0313. The Morgan fingerprint density at radius 1 is 1.17 bits per heavy atom. The molecule has 0 aromatic heterocycles. The molecule has 0 radical (unpaired) electrons. The highest BCUT2D eigenvalue weighted by molar-refractivity contribution is 6.36. The van der Waals surface area contributed by atoms with Crippen molar-refractivity contribution in [3.05, 3.63) is 40.1 Å². The number of carbonyl (C=O) groups is 2. The first-order valence-corrected chi connectivity index (χ1v) is 7.06. The van der Waals surface area contributed by atoms with Crippen LogP contribution in [0.25, 0.3) is 0 Å². The minimum atomic E-state index is -1.86. The van der Waals surface area contributed by atoms with Crippen LogP contribution in [-0.2, 0) is 4.79 Å². The molecular formula is C16H13ClO6. The number of aliphatic hydroxyl groups is 1. The Hall–Kier alpha value is -2.47. The number of allylic oxidation sites excluding steroid dienone is 1. The number of aliphatic hydroxyl groups excluding tert-OH is 1. The standard InChI is InChI=1S/C16H13ClO6/c1-7-4-8(18)5-11(19)16(7)15(20)12-9(21-2)6-10(22-3)13(17)14(12)23-16/h4-6,18H,1-3H3. The molecule has 1 aliphatic carbocycles. The molecule has 0 fully saturated rings. The zero-order valence-corrected chi connectivity index (χ0v) is 13.4. The second-order valence-corrected chi connectivity index (χ2v) is 5.55. The lowest BCUT2D eigenvalue weighted by atomic mass is 9.81. The van der Waals surface area contributed by atoms with Crippen LogP contribution in [0, 0.1) is 0 Å². The summed E-state index contributed by atoms with van der Waals surface area (Å²) in [4.78, 5) is 25.4. The van der Waals surface area contributed by atoms with Crippen molar-refractivity contribution >= 4 is 23.2 Å². The van der Waals surface area contributed by atoms with Gasteiger partial charge in [0.1, 0.15) is 27.8 Å². The molecule has 120 valence electrons. The summed E-state index contributed by atoms with van der Waals surface area (Å²) >= 11 is 6.22. The molecule has 1 atom stereocenters. The van der Waals surface area contributed by atoms with Gasteiger partial charge in [0.2, 0.25) is 11.6 Å². The smallest absolute Gasteiger partial charge is 0.254 e. The molecule has 23 heavy (non-hydrogen) atoms. The maximum atomic E-state index is 13.0. The number of hydrogen-bond acceptors (Lipinski definition) is 6. The van der Waals surface area contributed by atoms with Gasteiger partial charge in [-0.1, -0.05) is 11.6 Å². The van der Waals surface area contributed by atoms with E-state index in [1.165, 1.54) is 33.3 Å². The van der Waals surface area contributed by atoms with E-state index in [0.717, 1.165) is 6.08 Å². The van der Waals surface area contributed by atoms with E-state index in [1.807, 2.05) is 0 Å². The summed E-state index contributed by atoms with van der Waals surface area (Å²) in [6.45, 7) is 1.53. The highest BCUT2D eigenvalue weighted by atomic mass is 35.5. The van der Waals surface area contributed by atoms with Gasteiger partial charge in [-0.25, -0.2) is 0 Å². The maximum Gasteiger partial charge on any atom is 0.254 e. The summed E-state index contributed by atoms with van der Waals surface area (Å²) in [5.41, 5.74) is -1.52. The van der Waals surface area contributed by atoms with Gasteiger partial charge in [-0.05, 0) is 18.6 Å². The zero-order chi connectivity index (χ0) is 16.9. The fourth-order valence-corrected chi connectivity index (χ4v) is 3.07. The highest BCUT2D eigenvalue weighted by Crippen LogP contribution is 2.52. The molecule has 1 unspecified atom stereocenters. The van der Waals surface area contributed by atoms with E-state index < -0.39 is 17.2 Å². The first kappa shape index (κ1) is 15.4. The van der Waals surface area contributed by atoms with Crippen molar-refractivity contribution in [3.63, 3.8) is 0 Å². The van der Waals surface area contributed by atoms with E-state index in [-0.39, 0.29) is 39.2 Å². The molecule has 6 nitrogen and oxygen atoms in total. The lowest BCUT2D eigenvalue weighted by molar-refractivity contribution is -0.123. The van der Waals surface area contributed by atoms with Gasteiger partial charge in [0, 0.05) is 12.1 Å². The molecule has 0 amide bonds. The summed E-state index contributed by atoms with van der Waals surface area (Å²) < 4.78 is 16.1. The number of halogens is 1. The summed E-state index contributed by atoms with van der Waals surface area (Å²) in [6, 6.07) is 1.46. The predicted molar refractivity (Wildman–Crippen MR) is 81.7 cm³/mol. The summed E-state index contributed by atoms with van der Waals surface area (Å²) in [7, 11) is 2.80. The number of fused-ring (bicyclic) bond motifs is 1. The van der Waals surface area contributed by atoms with E-state index in [1.54, 1.807) is 0 Å². The molecule has 1 heterocycles. The Kier molecular flexibility index (Phi) is 3.37. The highest BCUT2D eigenvalue weighted by Gasteiger charge is 2.58. The van der Waals surface area contributed by atoms with Crippen LogP contribution in [-0.4, -0.2) is 36.5 Å². The normalized spacial score (nSPS) is 22.4. The summed E-state index contributed by atoms with van der Waals surface area (Å²) in [6.07, 6.45) is 2.26. The Morgan fingerprint density at radius 2 is 1.83 bits per heavy atom. The van der Waals surface area contributed by atoms with Gasteiger partial charge in [0.15, 0.2) is 5.75 Å². The second-order valence-electron chi connectivity index (χ2n) is 5.17. The number of carbonyl (C=O) groups excluding carboxylic acids is 2. The Balaban J connectivity index is 2.26. The molecule has 7 heteroatoms. The van der Waals surface area contributed by atoms with E-state index >= 15 is 0 Å². The molecule has 2 aliphatic rings. The number of Topliss-reactive ketones (excluding diaryl/α,β-unsaturated/α-hetero) is 1. The molecule has 1 aromatic carbocycles. The molecule has 1 aliphatic heterocycles. The van der Waals surface area contributed by atoms with E-state index in [4.69, 9.17) is 25.8 Å². The first-order valence-electron chi connectivity index (χ1n) is 6.69. The Bertz CT molecular complexity index is 807. The first-order chi connectivity index (χ1) is 10.9. The molecule has 0 saturated carbocycles. The van der Waals surface area contributed by atoms with Crippen molar-refractivity contribution in [1.82, 2.24) is 0 Å². The Morgan fingerprint density at radius 3 is 2.39 bits per heavy atom. The van der Waals surface area contributed by atoms with E-state index in [2.05, 4.69) is 0 Å². The van der Waals surface area contributed by atoms with Crippen LogP contribution in [0.3, 0.4) is 0 Å². The number of methoxy groups -OCH3 is 2. The van der Waals surface area contributed by atoms with Crippen LogP contribution in [0.2, 0.25) is 5.02 Å². The summed E-state index contributed by atoms with van der Waals surface area (Å²) in [5.74, 6) is -1.01. The lowest BCUT2D eigenvalue weighted by Gasteiger charge is -2.27. The van der Waals surface area contributed by atoms with Gasteiger partial charge in [0.05, 0.1) is 14.2 Å².